The number of esters is 1. The van der Waals surface area contributed by atoms with Gasteiger partial charge in [-0.1, -0.05) is 19.1 Å². The molecule has 0 amide bonds. The third-order valence-corrected chi connectivity index (χ3v) is 3.22. The van der Waals surface area contributed by atoms with Crippen molar-refractivity contribution in [1.29, 1.82) is 0 Å². The first-order valence-electron chi connectivity index (χ1n) is 5.88. The fourth-order valence-electron chi connectivity index (χ4n) is 1.84. The number of rotatable bonds is 6. The van der Waals surface area contributed by atoms with E-state index in [0.717, 1.165) is 12.0 Å². The molecule has 0 radical (unpaired) electrons. The molecule has 0 fully saturated rings. The van der Waals surface area contributed by atoms with Crippen molar-refractivity contribution in [1.82, 2.24) is 0 Å². The van der Waals surface area contributed by atoms with Crippen LogP contribution in [0.2, 0.25) is 0 Å². The minimum Gasteiger partial charge on any atom is -0.465 e. The maximum atomic E-state index is 11.4. The van der Waals surface area contributed by atoms with Crippen molar-refractivity contribution in [2.45, 2.75) is 25.7 Å². The van der Waals surface area contributed by atoms with Gasteiger partial charge in [0.1, 0.15) is 5.78 Å². The van der Waals surface area contributed by atoms with Crippen molar-refractivity contribution in [2.75, 3.05) is 13.0 Å². The highest BCUT2D eigenvalue weighted by atomic mass is 35.5. The zero-order valence-electron chi connectivity index (χ0n) is 10.6. The van der Waals surface area contributed by atoms with Crippen molar-refractivity contribution >= 4 is 23.4 Å². The number of benzene rings is 1. The summed E-state index contributed by atoms with van der Waals surface area (Å²) in [6, 6.07) is 7.16. The van der Waals surface area contributed by atoms with Crippen molar-refractivity contribution in [3.8, 4) is 0 Å². The molecule has 0 saturated carbocycles. The van der Waals surface area contributed by atoms with Crippen LogP contribution in [0, 0.1) is 0 Å². The lowest BCUT2D eigenvalue weighted by atomic mass is 9.91. The number of alkyl halides is 1. The van der Waals surface area contributed by atoms with Gasteiger partial charge in [-0.15, -0.1) is 11.6 Å². The van der Waals surface area contributed by atoms with E-state index in [-0.39, 0.29) is 23.6 Å². The van der Waals surface area contributed by atoms with Gasteiger partial charge in [-0.05, 0) is 30.0 Å². The summed E-state index contributed by atoms with van der Waals surface area (Å²) in [6.07, 6.45) is 1.30. The average Bonchev–Trinajstić information content (AvgIpc) is 2.43. The van der Waals surface area contributed by atoms with Crippen LogP contribution in [-0.4, -0.2) is 24.7 Å². The van der Waals surface area contributed by atoms with Crippen LogP contribution in [0.5, 0.6) is 0 Å². The van der Waals surface area contributed by atoms with Crippen molar-refractivity contribution in [3.63, 3.8) is 0 Å². The molecule has 0 heterocycles. The Kier molecular flexibility index (Phi) is 5.86. The molecule has 0 N–H and O–H groups in total. The predicted octanol–water partition coefficient (Wildman–Crippen LogP) is 3.16. The molecule has 0 unspecified atom stereocenters. The van der Waals surface area contributed by atoms with Crippen LogP contribution in [0.15, 0.2) is 24.3 Å². The predicted molar refractivity (Wildman–Crippen MR) is 71.2 cm³/mol. The van der Waals surface area contributed by atoms with Crippen LogP contribution < -0.4 is 0 Å². The highest BCUT2D eigenvalue weighted by Crippen LogP contribution is 2.24. The summed E-state index contributed by atoms with van der Waals surface area (Å²) in [5, 5.41) is 0. The van der Waals surface area contributed by atoms with Crippen molar-refractivity contribution in [3.05, 3.63) is 35.4 Å². The van der Waals surface area contributed by atoms with E-state index >= 15 is 0 Å². The summed E-state index contributed by atoms with van der Waals surface area (Å²) in [5.41, 5.74) is 1.56. The summed E-state index contributed by atoms with van der Waals surface area (Å²) >= 11 is 5.52. The summed E-state index contributed by atoms with van der Waals surface area (Å²) < 4.78 is 4.63. The summed E-state index contributed by atoms with van der Waals surface area (Å²) in [5.74, 6) is -0.105. The zero-order chi connectivity index (χ0) is 13.5. The smallest absolute Gasteiger partial charge is 0.337 e. The Morgan fingerprint density at radius 2 is 1.89 bits per heavy atom. The van der Waals surface area contributed by atoms with Gasteiger partial charge in [-0.2, -0.15) is 0 Å². The highest BCUT2D eigenvalue weighted by molar-refractivity contribution is 6.27. The molecule has 1 aromatic rings. The number of hydrogen-bond acceptors (Lipinski definition) is 3. The summed E-state index contributed by atoms with van der Waals surface area (Å²) in [7, 11) is 1.35. The van der Waals surface area contributed by atoms with Gasteiger partial charge in [0, 0.05) is 6.42 Å². The number of halogens is 1. The number of carbonyl (C=O) groups excluding carboxylic acids is 2. The molecule has 1 rings (SSSR count). The molecule has 0 aliphatic heterocycles. The van der Waals surface area contributed by atoms with Gasteiger partial charge in [0.25, 0.3) is 0 Å². The number of ketones is 1. The van der Waals surface area contributed by atoms with Crippen LogP contribution in [0.1, 0.15) is 41.6 Å². The van der Waals surface area contributed by atoms with E-state index in [2.05, 4.69) is 4.74 Å². The average molecular weight is 269 g/mol. The molecule has 0 aliphatic rings. The lowest BCUT2D eigenvalue weighted by Crippen LogP contribution is -2.08. The monoisotopic (exact) mass is 268 g/mol. The minimum absolute atomic E-state index is 0.0422. The van der Waals surface area contributed by atoms with Crippen molar-refractivity contribution in [2.24, 2.45) is 0 Å². The Labute approximate surface area is 112 Å². The summed E-state index contributed by atoms with van der Waals surface area (Å²) in [4.78, 5) is 22.7. The molecule has 18 heavy (non-hydrogen) atoms. The SMILES string of the molecule is CC[C@H](CC(=O)CCl)c1ccc(C(=O)OC)cc1. The number of hydrogen-bond donors (Lipinski definition) is 0. The van der Waals surface area contributed by atoms with E-state index in [9.17, 15) is 9.59 Å². The van der Waals surface area contributed by atoms with Crippen molar-refractivity contribution < 1.29 is 14.3 Å². The van der Waals surface area contributed by atoms with Crippen LogP contribution in [0.25, 0.3) is 0 Å². The molecule has 0 saturated heterocycles. The first-order valence-corrected chi connectivity index (χ1v) is 6.41. The lowest BCUT2D eigenvalue weighted by Gasteiger charge is -2.14. The van der Waals surface area contributed by atoms with Gasteiger partial charge in [0.2, 0.25) is 0 Å². The minimum atomic E-state index is -0.355. The van der Waals surface area contributed by atoms with E-state index < -0.39 is 0 Å². The van der Waals surface area contributed by atoms with Gasteiger partial charge in [-0.3, -0.25) is 4.79 Å². The number of methoxy groups -OCH3 is 1. The molecule has 98 valence electrons. The Hall–Kier alpha value is -1.35. The summed E-state index contributed by atoms with van der Waals surface area (Å²) in [6.45, 7) is 2.03. The third kappa shape index (κ3) is 3.84. The molecular weight excluding hydrogens is 252 g/mol. The molecule has 0 bridgehead atoms. The maximum Gasteiger partial charge on any atom is 0.337 e. The standard InChI is InChI=1S/C14H17ClO3/c1-3-10(8-13(16)9-15)11-4-6-12(7-5-11)14(17)18-2/h4-7,10H,3,8-9H2,1-2H3/t10-/m1/s1. The van der Waals surface area contributed by atoms with E-state index in [0.29, 0.717) is 12.0 Å². The second-order valence-corrected chi connectivity index (χ2v) is 4.36. The van der Waals surface area contributed by atoms with Crippen LogP contribution in [-0.2, 0) is 9.53 Å². The third-order valence-electron chi connectivity index (χ3n) is 2.92. The van der Waals surface area contributed by atoms with E-state index in [1.54, 1.807) is 12.1 Å². The maximum absolute atomic E-state index is 11.4. The van der Waals surface area contributed by atoms with E-state index in [1.807, 2.05) is 19.1 Å². The molecule has 3 nitrogen and oxygen atoms in total. The molecule has 1 aromatic carbocycles. The molecule has 0 spiro atoms. The second kappa shape index (κ2) is 7.17. The fraction of sp³-hybridized carbons (Fsp3) is 0.429. The molecule has 0 aliphatic carbocycles. The van der Waals surface area contributed by atoms with Crippen LogP contribution in [0.3, 0.4) is 0 Å². The van der Waals surface area contributed by atoms with Gasteiger partial charge < -0.3 is 4.74 Å². The van der Waals surface area contributed by atoms with Gasteiger partial charge in [-0.25, -0.2) is 4.79 Å². The molecule has 4 heteroatoms. The Bertz CT molecular complexity index is 412. The fourth-order valence-corrected chi connectivity index (χ4v) is 1.95. The van der Waals surface area contributed by atoms with Gasteiger partial charge in [0.15, 0.2) is 0 Å². The normalized spacial score (nSPS) is 11.9. The number of Topliss-reactive ketones (excluding diaryl/α,β-unsaturated/α-hetero) is 1. The zero-order valence-corrected chi connectivity index (χ0v) is 11.4. The molecule has 0 aromatic heterocycles. The van der Waals surface area contributed by atoms with E-state index in [1.165, 1.54) is 7.11 Å². The quantitative estimate of drug-likeness (QED) is 0.588. The highest BCUT2D eigenvalue weighted by Gasteiger charge is 2.14. The van der Waals surface area contributed by atoms with Crippen LogP contribution in [0.4, 0.5) is 0 Å². The first-order chi connectivity index (χ1) is 8.62. The molecule has 1 atom stereocenters. The molecular formula is C14H17ClO3. The Morgan fingerprint density at radius 1 is 1.28 bits per heavy atom. The number of ether oxygens (including phenoxy) is 1. The topological polar surface area (TPSA) is 43.4 Å². The lowest BCUT2D eigenvalue weighted by molar-refractivity contribution is -0.117. The van der Waals surface area contributed by atoms with Gasteiger partial charge >= 0.3 is 5.97 Å². The van der Waals surface area contributed by atoms with Gasteiger partial charge in [0.05, 0.1) is 18.6 Å². The second-order valence-electron chi connectivity index (χ2n) is 4.10. The first kappa shape index (κ1) is 14.7. The van der Waals surface area contributed by atoms with Crippen LogP contribution >= 0.6 is 11.6 Å². The number of carbonyl (C=O) groups is 2. The Morgan fingerprint density at radius 3 is 2.33 bits per heavy atom. The largest absolute Gasteiger partial charge is 0.465 e. The Balaban J connectivity index is 2.81. The van der Waals surface area contributed by atoms with E-state index in [4.69, 9.17) is 11.6 Å².